The molecule has 1 fully saturated rings. The minimum atomic E-state index is 0.597. The zero-order chi connectivity index (χ0) is 13.4. The summed E-state index contributed by atoms with van der Waals surface area (Å²) in [5.41, 5.74) is 2.58. The van der Waals surface area contributed by atoms with Gasteiger partial charge in [-0.1, -0.05) is 0 Å². The van der Waals surface area contributed by atoms with Gasteiger partial charge >= 0.3 is 0 Å². The van der Waals surface area contributed by atoms with Crippen molar-refractivity contribution in [2.24, 2.45) is 9.98 Å². The van der Waals surface area contributed by atoms with E-state index in [9.17, 15) is 0 Å². The second kappa shape index (κ2) is 4.68. The van der Waals surface area contributed by atoms with Gasteiger partial charge in [-0.3, -0.25) is 4.99 Å². The zero-order valence-electron chi connectivity index (χ0n) is 11.6. The predicted molar refractivity (Wildman–Crippen MR) is 79.5 cm³/mol. The first-order valence-electron chi connectivity index (χ1n) is 7.44. The Bertz CT molecular complexity index is 553. The quantitative estimate of drug-likeness (QED) is 0.796. The largest absolute Gasteiger partial charge is 0.313 e. The molecule has 0 saturated heterocycles. The molecule has 0 aromatic carbocycles. The maximum Gasteiger partial charge on any atom is 0.225 e. The number of nitrogens with zero attached hydrogens (tertiary/aromatic N) is 4. The van der Waals surface area contributed by atoms with E-state index in [0.29, 0.717) is 10.6 Å². The first kappa shape index (κ1) is 12.1. The lowest BCUT2D eigenvalue weighted by Crippen LogP contribution is -2.60. The molecular weight excluding hydrogens is 250 g/mol. The summed E-state index contributed by atoms with van der Waals surface area (Å²) in [6.45, 7) is 2.02. The smallest absolute Gasteiger partial charge is 0.225 e. The molecule has 3 heterocycles. The molecule has 0 aromatic rings. The van der Waals surface area contributed by atoms with Crippen LogP contribution >= 0.6 is 0 Å². The van der Waals surface area contributed by atoms with Gasteiger partial charge in [-0.05, 0) is 25.3 Å². The number of hydrogen-bond donors (Lipinski definition) is 1. The van der Waals surface area contributed by atoms with E-state index in [1.807, 2.05) is 25.0 Å². The number of nitrogens with one attached hydrogen (secondary N) is 1. The minimum Gasteiger partial charge on any atom is -0.313 e. The van der Waals surface area contributed by atoms with Crippen LogP contribution in [-0.4, -0.2) is 41.3 Å². The van der Waals surface area contributed by atoms with Crippen LogP contribution in [0.5, 0.6) is 0 Å². The predicted octanol–water partition coefficient (Wildman–Crippen LogP) is 1.89. The van der Waals surface area contributed by atoms with E-state index < -0.39 is 0 Å². The van der Waals surface area contributed by atoms with E-state index in [1.165, 1.54) is 25.0 Å². The Morgan fingerprint density at radius 1 is 1.30 bits per heavy atom. The number of allylic oxidation sites excluding steroid dienone is 1. The first-order valence-corrected chi connectivity index (χ1v) is 7.44. The molecule has 4 aliphatic rings. The summed E-state index contributed by atoms with van der Waals surface area (Å²) in [6, 6.07) is 0.614. The molecule has 1 aliphatic carbocycles. The molecule has 0 bridgehead atoms. The summed E-state index contributed by atoms with van der Waals surface area (Å²) in [4.78, 5) is 8.68. The second-order valence-corrected chi connectivity index (χ2v) is 5.71. The average Bonchev–Trinajstić information content (AvgIpc) is 2.88. The highest BCUT2D eigenvalue weighted by molar-refractivity contribution is 5.81. The van der Waals surface area contributed by atoms with Gasteiger partial charge in [0.15, 0.2) is 6.20 Å². The van der Waals surface area contributed by atoms with Crippen molar-refractivity contribution >= 4 is 12.6 Å². The summed E-state index contributed by atoms with van der Waals surface area (Å²) in [5.74, 6) is 0. The van der Waals surface area contributed by atoms with Crippen LogP contribution in [-0.2, 0) is 0 Å². The van der Waals surface area contributed by atoms with Gasteiger partial charge in [0, 0.05) is 19.5 Å². The van der Waals surface area contributed by atoms with Gasteiger partial charge < -0.3 is 5.32 Å². The molecule has 1 N–H and O–H groups in total. The third-order valence-electron chi connectivity index (χ3n) is 4.56. The summed E-state index contributed by atoms with van der Waals surface area (Å²) >= 11 is 0. The summed E-state index contributed by atoms with van der Waals surface area (Å²) < 4.78 is 0.597. The Kier molecular flexibility index (Phi) is 2.82. The number of aliphatic imine (C=N–C) groups is 2. The van der Waals surface area contributed by atoms with Gasteiger partial charge in [0.25, 0.3) is 0 Å². The van der Waals surface area contributed by atoms with Crippen LogP contribution in [0.4, 0.5) is 0 Å². The van der Waals surface area contributed by atoms with Crippen molar-refractivity contribution in [3.63, 3.8) is 0 Å². The highest BCUT2D eigenvalue weighted by atomic mass is 15.8. The number of fused-ring (bicyclic) bond motifs is 1. The fourth-order valence-corrected chi connectivity index (χ4v) is 3.30. The van der Waals surface area contributed by atoms with Gasteiger partial charge in [-0.2, -0.15) is 0 Å². The molecule has 5 heteroatoms. The fourth-order valence-electron chi connectivity index (χ4n) is 3.30. The van der Waals surface area contributed by atoms with Crippen LogP contribution in [0.25, 0.3) is 0 Å². The molecule has 0 amide bonds. The van der Waals surface area contributed by atoms with Crippen LogP contribution < -0.4 is 5.32 Å². The Hall–Kier alpha value is -1.72. The average molecular weight is 270 g/mol. The number of quaternary nitrogens is 1. The van der Waals surface area contributed by atoms with Crippen molar-refractivity contribution in [2.45, 2.75) is 31.7 Å². The van der Waals surface area contributed by atoms with E-state index in [2.05, 4.69) is 32.6 Å². The highest BCUT2D eigenvalue weighted by Gasteiger charge is 2.47. The molecule has 1 unspecified atom stereocenters. The molecule has 104 valence electrons. The van der Waals surface area contributed by atoms with Crippen LogP contribution in [0.3, 0.4) is 0 Å². The standard InChI is InChI=1S/C15H20N5/c1-2-13(3-1)19(14-4-6-16-7-5-14)20-9-8-17-10-15(20)11-18-12-20/h4,8-13,16H,1-3,5-7H2/q+1. The molecule has 5 nitrogen and oxygen atoms in total. The van der Waals surface area contributed by atoms with Crippen molar-refractivity contribution in [3.8, 4) is 0 Å². The van der Waals surface area contributed by atoms with Crippen LogP contribution in [0.15, 0.2) is 46.1 Å². The van der Waals surface area contributed by atoms with E-state index in [0.717, 1.165) is 25.2 Å². The Morgan fingerprint density at radius 2 is 2.25 bits per heavy atom. The number of hydrogen-bond acceptors (Lipinski definition) is 4. The fraction of sp³-hybridized carbons (Fsp3) is 0.467. The van der Waals surface area contributed by atoms with Gasteiger partial charge in [0.05, 0.1) is 30.4 Å². The van der Waals surface area contributed by atoms with Crippen molar-refractivity contribution in [1.82, 2.24) is 10.3 Å². The van der Waals surface area contributed by atoms with Gasteiger partial charge in [-0.15, -0.1) is 4.59 Å². The third kappa shape index (κ3) is 1.70. The molecule has 3 aliphatic heterocycles. The molecule has 0 spiro atoms. The van der Waals surface area contributed by atoms with Crippen molar-refractivity contribution in [2.75, 3.05) is 13.1 Å². The lowest BCUT2D eigenvalue weighted by Gasteiger charge is -2.48. The summed E-state index contributed by atoms with van der Waals surface area (Å²) in [6.07, 6.45) is 17.2. The minimum absolute atomic E-state index is 0.597. The Balaban J connectivity index is 1.76. The summed E-state index contributed by atoms with van der Waals surface area (Å²) in [5, 5.41) is 5.95. The molecule has 0 aromatic heterocycles. The van der Waals surface area contributed by atoms with E-state index >= 15 is 0 Å². The van der Waals surface area contributed by atoms with Gasteiger partial charge in [0.1, 0.15) is 0 Å². The lowest BCUT2D eigenvalue weighted by atomic mass is 9.91. The van der Waals surface area contributed by atoms with E-state index in [-0.39, 0.29) is 0 Å². The normalized spacial score (nSPS) is 31.6. The van der Waals surface area contributed by atoms with Gasteiger partial charge in [0.2, 0.25) is 12.0 Å². The number of rotatable bonds is 3. The van der Waals surface area contributed by atoms with Crippen LogP contribution in [0.2, 0.25) is 0 Å². The lowest BCUT2D eigenvalue weighted by molar-refractivity contribution is -0.866. The molecule has 0 radical (unpaired) electrons. The Morgan fingerprint density at radius 3 is 3.00 bits per heavy atom. The van der Waals surface area contributed by atoms with E-state index in [4.69, 9.17) is 0 Å². The topological polar surface area (TPSA) is 40.0 Å². The Labute approximate surface area is 119 Å². The van der Waals surface area contributed by atoms with Crippen molar-refractivity contribution in [3.05, 3.63) is 36.1 Å². The SMILES string of the molecule is C1=C[N+]2(N(C3=CCNCC3)C3CCC3)C=NC=C2C=N1. The van der Waals surface area contributed by atoms with Crippen molar-refractivity contribution in [1.29, 1.82) is 0 Å². The molecular formula is C15H20N5+. The molecule has 20 heavy (non-hydrogen) atoms. The molecule has 1 atom stereocenters. The van der Waals surface area contributed by atoms with Crippen LogP contribution in [0.1, 0.15) is 25.7 Å². The highest BCUT2D eigenvalue weighted by Crippen LogP contribution is 2.38. The monoisotopic (exact) mass is 270 g/mol. The molecule has 1 saturated carbocycles. The van der Waals surface area contributed by atoms with Gasteiger partial charge in [-0.25, -0.2) is 10.0 Å². The van der Waals surface area contributed by atoms with E-state index in [1.54, 1.807) is 0 Å². The summed E-state index contributed by atoms with van der Waals surface area (Å²) in [7, 11) is 0. The third-order valence-corrected chi connectivity index (χ3v) is 4.56. The second-order valence-electron chi connectivity index (χ2n) is 5.71. The maximum atomic E-state index is 4.41. The van der Waals surface area contributed by atoms with Crippen LogP contribution in [0, 0.1) is 0 Å². The van der Waals surface area contributed by atoms with Crippen molar-refractivity contribution < 1.29 is 4.59 Å². The zero-order valence-corrected chi connectivity index (χ0v) is 11.6. The molecule has 4 rings (SSSR count). The first-order chi connectivity index (χ1) is 9.90. The maximum absolute atomic E-state index is 4.41.